The maximum atomic E-state index is 11.3. The summed E-state index contributed by atoms with van der Waals surface area (Å²) in [5.74, 6) is 1.38. The molecule has 2 heterocycles. The number of ether oxygens (including phenoxy) is 1. The van der Waals surface area contributed by atoms with E-state index in [1.165, 1.54) is 6.92 Å². The monoisotopic (exact) mass is 462 g/mol. The fraction of sp³-hybridized carbons (Fsp3) is 0.0870. The molecule has 2 aromatic heterocycles. The SMILES string of the molecule is COc1cccc(-c2nc(-c3ccc(NC(C)=O)cc3)[nH]c2-c2ccnc(Br)c2)c1. The molecule has 1 amide bonds. The van der Waals surface area contributed by atoms with Gasteiger partial charge in [0.15, 0.2) is 0 Å². The lowest BCUT2D eigenvalue weighted by Crippen LogP contribution is -2.05. The van der Waals surface area contributed by atoms with Crippen LogP contribution >= 0.6 is 15.9 Å². The molecule has 0 atom stereocenters. The fourth-order valence-corrected chi connectivity index (χ4v) is 3.54. The van der Waals surface area contributed by atoms with E-state index in [0.29, 0.717) is 0 Å². The van der Waals surface area contributed by atoms with Gasteiger partial charge >= 0.3 is 0 Å². The van der Waals surface area contributed by atoms with E-state index in [0.717, 1.165) is 49.9 Å². The van der Waals surface area contributed by atoms with Crippen molar-refractivity contribution in [1.29, 1.82) is 0 Å². The maximum absolute atomic E-state index is 11.3. The Balaban J connectivity index is 1.82. The number of H-pyrrole nitrogens is 1. The van der Waals surface area contributed by atoms with Gasteiger partial charge in [-0.1, -0.05) is 12.1 Å². The van der Waals surface area contributed by atoms with Crippen molar-refractivity contribution in [1.82, 2.24) is 15.0 Å². The van der Waals surface area contributed by atoms with E-state index in [1.54, 1.807) is 13.3 Å². The van der Waals surface area contributed by atoms with E-state index in [2.05, 4.69) is 31.2 Å². The number of hydrogen-bond donors (Lipinski definition) is 2. The average Bonchev–Trinajstić information content (AvgIpc) is 3.19. The minimum Gasteiger partial charge on any atom is -0.497 e. The van der Waals surface area contributed by atoms with Crippen molar-refractivity contribution in [3.8, 4) is 39.7 Å². The van der Waals surface area contributed by atoms with Crippen LogP contribution in [-0.4, -0.2) is 28.0 Å². The second-order valence-electron chi connectivity index (χ2n) is 6.67. The summed E-state index contributed by atoms with van der Waals surface area (Å²) in [5.41, 5.74) is 5.25. The zero-order chi connectivity index (χ0) is 21.1. The standard InChI is InChI=1S/C23H19BrN4O2/c1-14(29)26-18-8-6-15(7-9-18)23-27-21(16-4-3-5-19(12-16)30-2)22(28-23)17-10-11-25-20(24)13-17/h3-13H,1-2H3,(H,26,29)(H,27,28). The summed E-state index contributed by atoms with van der Waals surface area (Å²) < 4.78 is 6.13. The van der Waals surface area contributed by atoms with Crippen LogP contribution in [0.3, 0.4) is 0 Å². The minimum absolute atomic E-state index is 0.105. The number of halogens is 1. The Bertz CT molecular complexity index is 1200. The Morgan fingerprint density at radius 2 is 1.83 bits per heavy atom. The number of rotatable bonds is 5. The lowest BCUT2D eigenvalue weighted by atomic mass is 10.1. The lowest BCUT2D eigenvalue weighted by Gasteiger charge is -2.05. The molecule has 30 heavy (non-hydrogen) atoms. The summed E-state index contributed by atoms with van der Waals surface area (Å²) >= 11 is 3.44. The number of nitrogens with zero attached hydrogens (tertiary/aromatic N) is 2. The molecule has 0 bridgehead atoms. The normalized spacial score (nSPS) is 10.6. The number of aromatic amines is 1. The van der Waals surface area contributed by atoms with Crippen molar-refractivity contribution in [3.63, 3.8) is 0 Å². The van der Waals surface area contributed by atoms with Gasteiger partial charge in [-0.25, -0.2) is 9.97 Å². The number of benzene rings is 2. The highest BCUT2D eigenvalue weighted by molar-refractivity contribution is 9.10. The number of methoxy groups -OCH3 is 1. The molecule has 0 fully saturated rings. The van der Waals surface area contributed by atoms with Gasteiger partial charge < -0.3 is 15.0 Å². The number of carbonyl (C=O) groups excluding carboxylic acids is 1. The zero-order valence-electron chi connectivity index (χ0n) is 16.4. The molecule has 2 N–H and O–H groups in total. The molecule has 0 saturated carbocycles. The number of aromatic nitrogens is 3. The summed E-state index contributed by atoms with van der Waals surface area (Å²) in [6.45, 7) is 1.49. The highest BCUT2D eigenvalue weighted by Crippen LogP contribution is 2.35. The van der Waals surface area contributed by atoms with Crippen LogP contribution in [0.5, 0.6) is 5.75 Å². The van der Waals surface area contributed by atoms with Crippen LogP contribution in [-0.2, 0) is 4.79 Å². The number of anilines is 1. The largest absolute Gasteiger partial charge is 0.497 e. The third-order valence-corrected chi connectivity index (χ3v) is 4.97. The van der Waals surface area contributed by atoms with Crippen molar-refractivity contribution in [2.75, 3.05) is 12.4 Å². The summed E-state index contributed by atoms with van der Waals surface area (Å²) in [5, 5.41) is 2.78. The molecule has 0 aliphatic rings. The molecule has 7 heteroatoms. The first kappa shape index (κ1) is 19.8. The van der Waals surface area contributed by atoms with E-state index in [4.69, 9.17) is 9.72 Å². The Kier molecular flexibility index (Phi) is 5.63. The average molecular weight is 463 g/mol. The van der Waals surface area contributed by atoms with Gasteiger partial charge in [0.2, 0.25) is 5.91 Å². The first-order chi connectivity index (χ1) is 14.5. The molecular formula is C23H19BrN4O2. The van der Waals surface area contributed by atoms with Crippen LogP contribution < -0.4 is 10.1 Å². The number of nitrogens with one attached hydrogen (secondary N) is 2. The molecule has 150 valence electrons. The molecule has 0 saturated heterocycles. The molecule has 4 aromatic rings. The Labute approximate surface area is 182 Å². The maximum Gasteiger partial charge on any atom is 0.221 e. The topological polar surface area (TPSA) is 79.9 Å². The number of hydrogen-bond acceptors (Lipinski definition) is 4. The number of imidazole rings is 1. The molecule has 0 aliphatic heterocycles. The fourth-order valence-electron chi connectivity index (χ4n) is 3.17. The van der Waals surface area contributed by atoms with E-state index >= 15 is 0 Å². The second-order valence-corrected chi connectivity index (χ2v) is 7.48. The van der Waals surface area contributed by atoms with Crippen molar-refractivity contribution in [2.45, 2.75) is 6.92 Å². The van der Waals surface area contributed by atoms with Crippen LogP contribution in [0.25, 0.3) is 33.9 Å². The zero-order valence-corrected chi connectivity index (χ0v) is 18.0. The summed E-state index contributed by atoms with van der Waals surface area (Å²) in [6, 6.07) is 19.2. The Morgan fingerprint density at radius 1 is 1.03 bits per heavy atom. The highest BCUT2D eigenvalue weighted by Gasteiger charge is 2.16. The van der Waals surface area contributed by atoms with Crippen LogP contribution in [0.2, 0.25) is 0 Å². The lowest BCUT2D eigenvalue weighted by molar-refractivity contribution is -0.114. The predicted octanol–water partition coefficient (Wildman–Crippen LogP) is 5.54. The number of amides is 1. The smallest absolute Gasteiger partial charge is 0.221 e. The number of pyridine rings is 1. The van der Waals surface area contributed by atoms with Crippen molar-refractivity contribution >= 4 is 27.5 Å². The predicted molar refractivity (Wildman–Crippen MR) is 121 cm³/mol. The molecule has 0 spiro atoms. The minimum atomic E-state index is -0.105. The first-order valence-corrected chi connectivity index (χ1v) is 10.1. The molecule has 2 aromatic carbocycles. The number of carbonyl (C=O) groups is 1. The van der Waals surface area contributed by atoms with Crippen molar-refractivity contribution in [2.24, 2.45) is 0 Å². The van der Waals surface area contributed by atoms with Gasteiger partial charge in [-0.15, -0.1) is 0 Å². The molecule has 4 rings (SSSR count). The van der Waals surface area contributed by atoms with E-state index in [9.17, 15) is 4.79 Å². The first-order valence-electron chi connectivity index (χ1n) is 9.28. The van der Waals surface area contributed by atoms with Gasteiger partial charge in [0.05, 0.1) is 18.5 Å². The van der Waals surface area contributed by atoms with E-state index in [1.807, 2.05) is 60.7 Å². The van der Waals surface area contributed by atoms with Gasteiger partial charge in [-0.2, -0.15) is 0 Å². The van der Waals surface area contributed by atoms with Crippen LogP contribution in [0.1, 0.15) is 6.92 Å². The van der Waals surface area contributed by atoms with Crippen LogP contribution in [0.4, 0.5) is 5.69 Å². The van der Waals surface area contributed by atoms with Crippen molar-refractivity contribution in [3.05, 3.63) is 71.5 Å². The third-order valence-electron chi connectivity index (χ3n) is 4.54. The third kappa shape index (κ3) is 4.26. The molecule has 0 radical (unpaired) electrons. The Hall–Kier alpha value is -3.45. The molecular weight excluding hydrogens is 444 g/mol. The van der Waals surface area contributed by atoms with Gasteiger partial charge in [-0.05, 0) is 64.5 Å². The molecule has 0 aliphatic carbocycles. The highest BCUT2D eigenvalue weighted by atomic mass is 79.9. The van der Waals surface area contributed by atoms with Crippen LogP contribution in [0, 0.1) is 0 Å². The van der Waals surface area contributed by atoms with Crippen molar-refractivity contribution < 1.29 is 9.53 Å². The second kappa shape index (κ2) is 8.51. The van der Waals surface area contributed by atoms with Gasteiger partial charge in [0.25, 0.3) is 0 Å². The Morgan fingerprint density at radius 3 is 2.53 bits per heavy atom. The molecule has 0 unspecified atom stereocenters. The van der Waals surface area contributed by atoms with E-state index in [-0.39, 0.29) is 5.91 Å². The van der Waals surface area contributed by atoms with E-state index < -0.39 is 0 Å². The quantitative estimate of drug-likeness (QED) is 0.381. The van der Waals surface area contributed by atoms with Gasteiger partial charge in [0.1, 0.15) is 16.2 Å². The van der Waals surface area contributed by atoms with Gasteiger partial charge in [0, 0.05) is 35.5 Å². The molecule has 6 nitrogen and oxygen atoms in total. The summed E-state index contributed by atoms with van der Waals surface area (Å²) in [7, 11) is 1.65. The summed E-state index contributed by atoms with van der Waals surface area (Å²) in [6.07, 6.45) is 1.75. The van der Waals surface area contributed by atoms with Gasteiger partial charge in [-0.3, -0.25) is 4.79 Å². The van der Waals surface area contributed by atoms with Crippen LogP contribution in [0.15, 0.2) is 71.5 Å². The summed E-state index contributed by atoms with van der Waals surface area (Å²) in [4.78, 5) is 23.8.